The van der Waals surface area contributed by atoms with Gasteiger partial charge in [0.25, 0.3) is 5.78 Å². The van der Waals surface area contributed by atoms with Gasteiger partial charge in [-0.05, 0) is 67.6 Å². The SMILES string of the molecule is O=C(/C=C/CC[C@@H](/C=C/C1=CCCC=C1)C1CC1)C(=O)OCc1ccccc1. The van der Waals surface area contributed by atoms with Crippen molar-refractivity contribution in [1.29, 1.82) is 0 Å². The van der Waals surface area contributed by atoms with Gasteiger partial charge in [-0.15, -0.1) is 0 Å². The number of benzene rings is 1. The number of rotatable bonds is 10. The first-order valence-electron chi connectivity index (χ1n) is 10.2. The Morgan fingerprint density at radius 1 is 1.14 bits per heavy atom. The molecule has 0 bridgehead atoms. The predicted molar refractivity (Wildman–Crippen MR) is 111 cm³/mol. The highest BCUT2D eigenvalue weighted by molar-refractivity contribution is 6.38. The molecule has 3 rings (SSSR count). The molecule has 0 aliphatic heterocycles. The Hall–Kier alpha value is -2.68. The summed E-state index contributed by atoms with van der Waals surface area (Å²) in [5.41, 5.74) is 2.17. The van der Waals surface area contributed by atoms with E-state index in [1.165, 1.54) is 24.5 Å². The van der Waals surface area contributed by atoms with Gasteiger partial charge >= 0.3 is 5.97 Å². The summed E-state index contributed by atoms with van der Waals surface area (Å²) < 4.78 is 5.06. The minimum atomic E-state index is -0.797. The number of allylic oxidation sites excluding steroid dienone is 7. The maximum absolute atomic E-state index is 11.9. The van der Waals surface area contributed by atoms with E-state index in [2.05, 4.69) is 30.4 Å². The van der Waals surface area contributed by atoms with Crippen LogP contribution in [0.15, 0.2) is 78.4 Å². The Labute approximate surface area is 167 Å². The van der Waals surface area contributed by atoms with Gasteiger partial charge in [0.1, 0.15) is 6.61 Å². The van der Waals surface area contributed by atoms with Crippen molar-refractivity contribution in [3.63, 3.8) is 0 Å². The molecule has 2 aliphatic rings. The van der Waals surface area contributed by atoms with Crippen molar-refractivity contribution in [2.75, 3.05) is 0 Å². The van der Waals surface area contributed by atoms with Crippen molar-refractivity contribution in [1.82, 2.24) is 0 Å². The van der Waals surface area contributed by atoms with Crippen molar-refractivity contribution < 1.29 is 14.3 Å². The van der Waals surface area contributed by atoms with Crippen LogP contribution in [0.1, 0.15) is 44.1 Å². The fourth-order valence-corrected chi connectivity index (χ4v) is 3.35. The van der Waals surface area contributed by atoms with E-state index in [0.717, 1.165) is 37.2 Å². The van der Waals surface area contributed by atoms with E-state index in [0.29, 0.717) is 5.92 Å². The zero-order chi connectivity index (χ0) is 19.6. The highest BCUT2D eigenvalue weighted by Crippen LogP contribution is 2.40. The Balaban J connectivity index is 1.40. The van der Waals surface area contributed by atoms with E-state index in [4.69, 9.17) is 4.74 Å². The minimum Gasteiger partial charge on any atom is -0.455 e. The van der Waals surface area contributed by atoms with Crippen LogP contribution < -0.4 is 0 Å². The van der Waals surface area contributed by atoms with Crippen molar-refractivity contribution in [2.24, 2.45) is 11.8 Å². The maximum Gasteiger partial charge on any atom is 0.379 e. The van der Waals surface area contributed by atoms with Gasteiger partial charge in [-0.1, -0.05) is 66.8 Å². The number of carbonyl (C=O) groups excluding carboxylic acids is 2. The van der Waals surface area contributed by atoms with E-state index in [1.807, 2.05) is 30.3 Å². The monoisotopic (exact) mass is 376 g/mol. The molecule has 3 nitrogen and oxygen atoms in total. The second kappa shape index (κ2) is 10.6. The molecule has 1 aromatic rings. The molecule has 1 fully saturated rings. The van der Waals surface area contributed by atoms with Gasteiger partial charge in [0.05, 0.1) is 0 Å². The third-order valence-corrected chi connectivity index (χ3v) is 5.14. The Morgan fingerprint density at radius 2 is 1.96 bits per heavy atom. The summed E-state index contributed by atoms with van der Waals surface area (Å²) in [6.45, 7) is 0.123. The van der Waals surface area contributed by atoms with Gasteiger partial charge in [-0.2, -0.15) is 0 Å². The summed E-state index contributed by atoms with van der Waals surface area (Å²) >= 11 is 0. The van der Waals surface area contributed by atoms with Crippen LogP contribution in [0.3, 0.4) is 0 Å². The Morgan fingerprint density at radius 3 is 2.68 bits per heavy atom. The molecule has 0 heterocycles. The Bertz CT molecular complexity index is 779. The lowest BCUT2D eigenvalue weighted by molar-refractivity contribution is -0.152. The number of ether oxygens (including phenoxy) is 1. The first kappa shape index (κ1) is 20.1. The number of esters is 1. The van der Waals surface area contributed by atoms with Gasteiger partial charge in [0.15, 0.2) is 0 Å². The largest absolute Gasteiger partial charge is 0.455 e. The molecule has 0 N–H and O–H groups in total. The van der Waals surface area contributed by atoms with Crippen molar-refractivity contribution >= 4 is 11.8 Å². The molecule has 0 aromatic heterocycles. The van der Waals surface area contributed by atoms with Crippen molar-refractivity contribution in [3.05, 3.63) is 84.0 Å². The molecule has 0 unspecified atom stereocenters. The molecule has 2 aliphatic carbocycles. The highest BCUT2D eigenvalue weighted by Gasteiger charge is 2.28. The molecule has 0 saturated heterocycles. The molecule has 3 heteroatoms. The fraction of sp³-hybridized carbons (Fsp3) is 0.360. The summed E-state index contributed by atoms with van der Waals surface area (Å²) in [6, 6.07) is 9.36. The molecule has 0 spiro atoms. The lowest BCUT2D eigenvalue weighted by Crippen LogP contribution is -2.14. The van der Waals surface area contributed by atoms with Crippen molar-refractivity contribution in [3.8, 4) is 0 Å². The number of carbonyl (C=O) groups is 2. The van der Waals surface area contributed by atoms with E-state index < -0.39 is 11.8 Å². The second-order valence-electron chi connectivity index (χ2n) is 7.45. The van der Waals surface area contributed by atoms with Crippen LogP contribution in [-0.2, 0) is 20.9 Å². The standard InChI is InChI=1S/C25H28O3/c26-24(25(27)28-19-21-11-5-2-6-12-21)14-8-7-13-22(23-17-18-23)16-15-20-9-3-1-4-10-20/h2-3,5-6,8-12,14-16,22-23H,1,4,7,13,17-19H2/b14-8+,16-15+/t22-/m0/s1. The lowest BCUT2D eigenvalue weighted by atomic mass is 9.95. The fourth-order valence-electron chi connectivity index (χ4n) is 3.35. The first-order valence-corrected chi connectivity index (χ1v) is 10.2. The highest BCUT2D eigenvalue weighted by atomic mass is 16.5. The number of hydrogen-bond acceptors (Lipinski definition) is 3. The van der Waals surface area contributed by atoms with Crippen LogP contribution in [0, 0.1) is 11.8 Å². The molecule has 0 radical (unpaired) electrons. The first-order chi connectivity index (χ1) is 13.7. The molecule has 146 valence electrons. The Kier molecular flexibility index (Phi) is 7.60. The van der Waals surface area contributed by atoms with Crippen LogP contribution in [0.25, 0.3) is 0 Å². The second-order valence-corrected chi connectivity index (χ2v) is 7.45. The summed E-state index contributed by atoms with van der Waals surface area (Å²) in [5, 5.41) is 0. The smallest absolute Gasteiger partial charge is 0.379 e. The predicted octanol–water partition coefficient (Wildman–Crippen LogP) is 5.49. The topological polar surface area (TPSA) is 43.4 Å². The average molecular weight is 376 g/mol. The summed E-state index contributed by atoms with van der Waals surface area (Å²) in [6.07, 6.45) is 21.0. The van der Waals surface area contributed by atoms with E-state index >= 15 is 0 Å². The molecule has 28 heavy (non-hydrogen) atoms. The van der Waals surface area contributed by atoms with Crippen LogP contribution >= 0.6 is 0 Å². The van der Waals surface area contributed by atoms with Gasteiger partial charge in [0, 0.05) is 0 Å². The van der Waals surface area contributed by atoms with Crippen LogP contribution in [0.4, 0.5) is 0 Å². The minimum absolute atomic E-state index is 0.123. The van der Waals surface area contributed by atoms with Crippen molar-refractivity contribution in [2.45, 2.75) is 45.1 Å². The van der Waals surface area contributed by atoms with Gasteiger partial charge in [-0.25, -0.2) is 4.79 Å². The molecule has 1 saturated carbocycles. The molecule has 1 aromatic carbocycles. The summed E-state index contributed by atoms with van der Waals surface area (Å²) in [7, 11) is 0. The molecular weight excluding hydrogens is 348 g/mol. The lowest BCUT2D eigenvalue weighted by Gasteiger charge is -2.10. The van der Waals surface area contributed by atoms with Crippen LogP contribution in [-0.4, -0.2) is 11.8 Å². The molecule has 0 amide bonds. The zero-order valence-corrected chi connectivity index (χ0v) is 16.3. The number of hydrogen-bond donors (Lipinski definition) is 0. The third-order valence-electron chi connectivity index (χ3n) is 5.14. The zero-order valence-electron chi connectivity index (χ0n) is 16.3. The molecular formula is C25H28O3. The summed E-state index contributed by atoms with van der Waals surface area (Å²) in [4.78, 5) is 23.7. The quantitative estimate of drug-likeness (QED) is 0.308. The molecule has 1 atom stereocenters. The summed E-state index contributed by atoms with van der Waals surface area (Å²) in [5.74, 6) is -0.0768. The normalized spacial score (nSPS) is 17.6. The maximum atomic E-state index is 11.9. The van der Waals surface area contributed by atoms with E-state index in [1.54, 1.807) is 6.08 Å². The van der Waals surface area contributed by atoms with Gasteiger partial charge < -0.3 is 4.74 Å². The van der Waals surface area contributed by atoms with E-state index in [9.17, 15) is 9.59 Å². The number of ketones is 1. The van der Waals surface area contributed by atoms with Gasteiger partial charge in [0.2, 0.25) is 0 Å². The average Bonchev–Trinajstić information content (AvgIpc) is 3.58. The van der Waals surface area contributed by atoms with Gasteiger partial charge in [-0.3, -0.25) is 4.79 Å². The van der Waals surface area contributed by atoms with E-state index in [-0.39, 0.29) is 6.61 Å². The third kappa shape index (κ3) is 6.80. The van der Waals surface area contributed by atoms with Crippen LogP contribution in [0.5, 0.6) is 0 Å². The van der Waals surface area contributed by atoms with Crippen LogP contribution in [0.2, 0.25) is 0 Å².